The zero-order valence-electron chi connectivity index (χ0n) is 12.4. The van der Waals surface area contributed by atoms with Gasteiger partial charge in [-0.1, -0.05) is 26.2 Å². The molecule has 2 rings (SSSR count). The second-order valence-electron chi connectivity index (χ2n) is 6.76. The summed E-state index contributed by atoms with van der Waals surface area (Å²) in [5.74, 6) is 1.07. The lowest BCUT2D eigenvalue weighted by Gasteiger charge is -2.34. The van der Waals surface area contributed by atoms with Crippen LogP contribution in [0.2, 0.25) is 0 Å². The summed E-state index contributed by atoms with van der Waals surface area (Å²) in [5.41, 5.74) is -0.847. The molecule has 0 heterocycles. The van der Waals surface area contributed by atoms with Gasteiger partial charge in [-0.05, 0) is 50.4 Å². The third-order valence-electron chi connectivity index (χ3n) is 4.87. The van der Waals surface area contributed by atoms with Crippen LogP contribution < -0.4 is 4.72 Å². The molecule has 0 bridgehead atoms. The van der Waals surface area contributed by atoms with Gasteiger partial charge in [0.15, 0.2) is 0 Å². The van der Waals surface area contributed by atoms with Crippen LogP contribution in [0.3, 0.4) is 0 Å². The third-order valence-corrected chi connectivity index (χ3v) is 6.48. The van der Waals surface area contributed by atoms with Gasteiger partial charge in [0.25, 0.3) is 0 Å². The van der Waals surface area contributed by atoms with Gasteiger partial charge in [0.2, 0.25) is 10.0 Å². The van der Waals surface area contributed by atoms with Crippen molar-refractivity contribution in [3.05, 3.63) is 0 Å². The minimum Gasteiger partial charge on any atom is -0.212 e. The molecule has 4 nitrogen and oxygen atoms in total. The number of sulfonamides is 1. The first kappa shape index (κ1) is 15.8. The molecule has 2 fully saturated rings. The second kappa shape index (κ2) is 6.44. The minimum atomic E-state index is -3.34. The zero-order chi connectivity index (χ0) is 14.6. The van der Waals surface area contributed by atoms with Crippen molar-refractivity contribution in [1.82, 2.24) is 4.72 Å². The number of nitrogens with one attached hydrogen (secondary N) is 1. The van der Waals surface area contributed by atoms with E-state index in [4.69, 9.17) is 0 Å². The van der Waals surface area contributed by atoms with E-state index in [1.807, 2.05) is 0 Å². The molecule has 0 aromatic heterocycles. The third kappa shape index (κ3) is 4.20. The monoisotopic (exact) mass is 298 g/mol. The molecule has 0 amide bonds. The van der Waals surface area contributed by atoms with Gasteiger partial charge in [-0.15, -0.1) is 0 Å². The van der Waals surface area contributed by atoms with E-state index in [-0.39, 0.29) is 11.7 Å². The Hall–Kier alpha value is -0.600. The normalized spacial score (nSPS) is 32.7. The predicted octanol–water partition coefficient (Wildman–Crippen LogP) is 2.96. The van der Waals surface area contributed by atoms with Crippen molar-refractivity contribution in [3.63, 3.8) is 0 Å². The molecule has 0 spiro atoms. The Morgan fingerprint density at radius 1 is 1.15 bits per heavy atom. The van der Waals surface area contributed by atoms with E-state index in [2.05, 4.69) is 17.7 Å². The van der Waals surface area contributed by atoms with Gasteiger partial charge in [0.1, 0.15) is 5.54 Å². The fourth-order valence-corrected chi connectivity index (χ4v) is 5.38. The maximum atomic E-state index is 12.4. The van der Waals surface area contributed by atoms with Gasteiger partial charge in [-0.25, -0.2) is 8.42 Å². The van der Waals surface area contributed by atoms with Crippen LogP contribution in [0.1, 0.15) is 64.7 Å². The SMILES string of the molecule is CC1CCC(C#N)(NS(=O)(=O)CC2CCCCC2)CC1. The van der Waals surface area contributed by atoms with Crippen molar-refractivity contribution in [2.24, 2.45) is 11.8 Å². The molecule has 0 unspecified atom stereocenters. The van der Waals surface area contributed by atoms with Gasteiger partial charge in [0, 0.05) is 0 Å². The number of nitriles is 1. The minimum absolute atomic E-state index is 0.200. The van der Waals surface area contributed by atoms with Crippen LogP contribution in [0.25, 0.3) is 0 Å². The number of hydrogen-bond acceptors (Lipinski definition) is 3. The Morgan fingerprint density at radius 3 is 2.30 bits per heavy atom. The molecule has 1 N–H and O–H groups in total. The van der Waals surface area contributed by atoms with Crippen LogP contribution in [-0.4, -0.2) is 19.7 Å². The van der Waals surface area contributed by atoms with Crippen LogP contribution in [0, 0.1) is 23.2 Å². The largest absolute Gasteiger partial charge is 0.213 e. The molecular weight excluding hydrogens is 272 g/mol. The van der Waals surface area contributed by atoms with Crippen LogP contribution in [0.4, 0.5) is 0 Å². The highest BCUT2D eigenvalue weighted by Crippen LogP contribution is 2.32. The van der Waals surface area contributed by atoms with Crippen molar-refractivity contribution in [3.8, 4) is 6.07 Å². The maximum Gasteiger partial charge on any atom is 0.213 e. The smallest absolute Gasteiger partial charge is 0.212 e. The lowest BCUT2D eigenvalue weighted by molar-refractivity contribution is 0.276. The summed E-state index contributed by atoms with van der Waals surface area (Å²) < 4.78 is 27.4. The first-order chi connectivity index (χ1) is 9.45. The van der Waals surface area contributed by atoms with Crippen molar-refractivity contribution in [2.45, 2.75) is 70.3 Å². The molecule has 0 atom stereocenters. The first-order valence-electron chi connectivity index (χ1n) is 7.88. The first-order valence-corrected chi connectivity index (χ1v) is 9.53. The Kier molecular flexibility index (Phi) is 5.09. The summed E-state index contributed by atoms with van der Waals surface area (Å²) in [6.07, 6.45) is 8.68. The molecule has 0 radical (unpaired) electrons. The van der Waals surface area contributed by atoms with E-state index < -0.39 is 15.6 Å². The molecule has 0 aliphatic heterocycles. The van der Waals surface area contributed by atoms with E-state index in [1.54, 1.807) is 0 Å². The maximum absolute atomic E-state index is 12.4. The number of rotatable bonds is 4. The van der Waals surface area contributed by atoms with E-state index in [0.717, 1.165) is 38.5 Å². The van der Waals surface area contributed by atoms with Gasteiger partial charge in [-0.3, -0.25) is 0 Å². The van der Waals surface area contributed by atoms with Gasteiger partial charge >= 0.3 is 0 Å². The fraction of sp³-hybridized carbons (Fsp3) is 0.933. The fourth-order valence-electron chi connectivity index (χ4n) is 3.50. The summed E-state index contributed by atoms with van der Waals surface area (Å²) in [7, 11) is -3.34. The van der Waals surface area contributed by atoms with Gasteiger partial charge < -0.3 is 0 Å². The lowest BCUT2D eigenvalue weighted by atomic mass is 9.79. The number of hydrogen-bond donors (Lipinski definition) is 1. The molecule has 2 aliphatic carbocycles. The molecule has 0 aromatic rings. The molecule has 0 saturated heterocycles. The van der Waals surface area contributed by atoms with E-state index in [0.29, 0.717) is 18.8 Å². The van der Waals surface area contributed by atoms with E-state index in [1.165, 1.54) is 6.42 Å². The summed E-state index contributed by atoms with van der Waals surface area (Å²) in [6, 6.07) is 2.24. The Labute approximate surface area is 123 Å². The van der Waals surface area contributed by atoms with E-state index in [9.17, 15) is 13.7 Å². The van der Waals surface area contributed by atoms with Crippen LogP contribution in [0.5, 0.6) is 0 Å². The summed E-state index contributed by atoms with van der Waals surface area (Å²) in [5, 5.41) is 9.42. The van der Waals surface area contributed by atoms with Gasteiger partial charge in [0.05, 0.1) is 11.8 Å². The molecular formula is C15H26N2O2S. The molecule has 20 heavy (non-hydrogen) atoms. The molecule has 2 aliphatic rings. The Morgan fingerprint density at radius 2 is 1.75 bits per heavy atom. The molecule has 2 saturated carbocycles. The van der Waals surface area contributed by atoms with Crippen molar-refractivity contribution in [1.29, 1.82) is 5.26 Å². The topological polar surface area (TPSA) is 70.0 Å². The zero-order valence-corrected chi connectivity index (χ0v) is 13.2. The highest BCUT2D eigenvalue weighted by molar-refractivity contribution is 7.89. The van der Waals surface area contributed by atoms with Gasteiger partial charge in [-0.2, -0.15) is 9.98 Å². The summed E-state index contributed by atoms with van der Waals surface area (Å²) in [6.45, 7) is 2.16. The van der Waals surface area contributed by atoms with Crippen LogP contribution in [-0.2, 0) is 10.0 Å². The highest BCUT2D eigenvalue weighted by atomic mass is 32.2. The molecule has 114 valence electrons. The summed E-state index contributed by atoms with van der Waals surface area (Å²) in [4.78, 5) is 0. The second-order valence-corrected chi connectivity index (χ2v) is 8.53. The highest BCUT2D eigenvalue weighted by Gasteiger charge is 2.38. The Bertz CT molecular complexity index is 453. The quantitative estimate of drug-likeness (QED) is 0.867. The predicted molar refractivity (Wildman–Crippen MR) is 79.5 cm³/mol. The van der Waals surface area contributed by atoms with Crippen LogP contribution >= 0.6 is 0 Å². The van der Waals surface area contributed by atoms with Crippen LogP contribution in [0.15, 0.2) is 0 Å². The molecule has 5 heteroatoms. The number of nitrogens with zero attached hydrogens (tertiary/aromatic N) is 1. The standard InChI is InChI=1S/C15H26N2O2S/c1-13-7-9-15(12-16,10-8-13)17-20(18,19)11-14-5-3-2-4-6-14/h13-14,17H,2-11H2,1H3. The van der Waals surface area contributed by atoms with Crippen molar-refractivity contribution in [2.75, 3.05) is 5.75 Å². The molecule has 0 aromatic carbocycles. The van der Waals surface area contributed by atoms with Crippen molar-refractivity contribution >= 4 is 10.0 Å². The summed E-state index contributed by atoms with van der Waals surface area (Å²) >= 11 is 0. The average Bonchev–Trinajstić information content (AvgIpc) is 2.42. The average molecular weight is 298 g/mol. The lowest BCUT2D eigenvalue weighted by Crippen LogP contribution is -2.50. The van der Waals surface area contributed by atoms with Crippen molar-refractivity contribution < 1.29 is 8.42 Å². The van der Waals surface area contributed by atoms with E-state index >= 15 is 0 Å². The Balaban J connectivity index is 1.97.